The number of para-hydroxylation sites is 1. The Morgan fingerprint density at radius 3 is 3.10 bits per heavy atom. The fourth-order valence-corrected chi connectivity index (χ4v) is 2.56. The number of methoxy groups -OCH3 is 1. The van der Waals surface area contributed by atoms with Crippen molar-refractivity contribution in [1.29, 1.82) is 0 Å². The number of hydrogen-bond acceptors (Lipinski definition) is 5. The Balaban J connectivity index is 1.89. The summed E-state index contributed by atoms with van der Waals surface area (Å²) >= 11 is 6.17. The fraction of sp³-hybridized carbons (Fsp3) is 0.267. The predicted octanol–water partition coefficient (Wildman–Crippen LogP) is 2.98. The molecule has 0 N–H and O–H groups in total. The van der Waals surface area contributed by atoms with Gasteiger partial charge in [0.25, 0.3) is 0 Å². The second kappa shape index (κ2) is 5.69. The lowest BCUT2D eigenvalue weighted by molar-refractivity contribution is 0.0585. The molecule has 108 valence electrons. The molecule has 0 amide bonds. The van der Waals surface area contributed by atoms with Crippen LogP contribution < -0.4 is 4.74 Å². The summed E-state index contributed by atoms with van der Waals surface area (Å²) < 4.78 is 10.6. The van der Waals surface area contributed by atoms with Gasteiger partial charge in [-0.15, -0.1) is 0 Å². The van der Waals surface area contributed by atoms with Crippen molar-refractivity contribution in [2.24, 2.45) is 0 Å². The van der Waals surface area contributed by atoms with E-state index in [0.717, 1.165) is 18.4 Å². The summed E-state index contributed by atoms with van der Waals surface area (Å²) in [4.78, 5) is 19.6. The Hall–Kier alpha value is -2.14. The van der Waals surface area contributed by atoms with E-state index in [4.69, 9.17) is 16.3 Å². The summed E-state index contributed by atoms with van der Waals surface area (Å²) in [6.07, 6.45) is 2.90. The number of benzene rings is 1. The number of rotatable bonds is 2. The van der Waals surface area contributed by atoms with Gasteiger partial charge in [0.2, 0.25) is 5.82 Å². The number of nitrogens with zero attached hydrogens (tertiary/aromatic N) is 2. The summed E-state index contributed by atoms with van der Waals surface area (Å²) in [6, 6.07) is 7.43. The lowest BCUT2D eigenvalue weighted by Gasteiger charge is -2.26. The molecule has 0 fully saturated rings. The van der Waals surface area contributed by atoms with Crippen LogP contribution in [0, 0.1) is 0 Å². The van der Waals surface area contributed by atoms with Crippen LogP contribution in [0.25, 0.3) is 0 Å². The van der Waals surface area contributed by atoms with Crippen LogP contribution in [0.3, 0.4) is 0 Å². The van der Waals surface area contributed by atoms with Crippen LogP contribution in [0.15, 0.2) is 30.5 Å². The van der Waals surface area contributed by atoms with Crippen LogP contribution in [-0.4, -0.2) is 23.0 Å². The average molecular weight is 305 g/mol. The van der Waals surface area contributed by atoms with Gasteiger partial charge in [-0.25, -0.2) is 14.8 Å². The normalized spacial score (nSPS) is 16.8. The van der Waals surface area contributed by atoms with Gasteiger partial charge in [-0.3, -0.25) is 0 Å². The molecule has 0 radical (unpaired) electrons. The van der Waals surface area contributed by atoms with Crippen molar-refractivity contribution in [1.82, 2.24) is 9.97 Å². The minimum absolute atomic E-state index is 0.0311. The Kier molecular flexibility index (Phi) is 3.75. The average Bonchev–Trinajstić information content (AvgIpc) is 2.54. The molecule has 2 heterocycles. The van der Waals surface area contributed by atoms with Gasteiger partial charge in [0.15, 0.2) is 0 Å². The van der Waals surface area contributed by atoms with Crippen molar-refractivity contribution >= 4 is 17.6 Å². The van der Waals surface area contributed by atoms with Gasteiger partial charge >= 0.3 is 5.97 Å². The number of halogens is 1. The van der Waals surface area contributed by atoms with Crippen LogP contribution in [0.1, 0.15) is 34.4 Å². The van der Waals surface area contributed by atoms with Crippen LogP contribution in [-0.2, 0) is 11.2 Å². The quantitative estimate of drug-likeness (QED) is 0.798. The predicted molar refractivity (Wildman–Crippen MR) is 76.5 cm³/mol. The van der Waals surface area contributed by atoms with E-state index >= 15 is 0 Å². The SMILES string of the molecule is COC(=O)c1nccc(C2CCc3cccc(Cl)c3O2)n1. The topological polar surface area (TPSA) is 61.3 Å². The van der Waals surface area contributed by atoms with Gasteiger partial charge in [0, 0.05) is 6.20 Å². The second-order valence-corrected chi connectivity index (χ2v) is 5.08. The molecular weight excluding hydrogens is 292 g/mol. The van der Waals surface area contributed by atoms with E-state index in [1.54, 1.807) is 12.1 Å². The zero-order valence-electron chi connectivity index (χ0n) is 11.4. The van der Waals surface area contributed by atoms with E-state index < -0.39 is 5.97 Å². The molecule has 1 aliphatic rings. The molecule has 21 heavy (non-hydrogen) atoms. The molecule has 0 saturated carbocycles. The third kappa shape index (κ3) is 2.69. The van der Waals surface area contributed by atoms with Crippen LogP contribution in [0.2, 0.25) is 5.02 Å². The van der Waals surface area contributed by atoms with Crippen LogP contribution >= 0.6 is 11.6 Å². The number of aromatic nitrogens is 2. The smallest absolute Gasteiger partial charge is 0.376 e. The number of hydrogen-bond donors (Lipinski definition) is 0. The molecule has 1 unspecified atom stereocenters. The highest BCUT2D eigenvalue weighted by molar-refractivity contribution is 6.32. The maximum absolute atomic E-state index is 11.5. The highest BCUT2D eigenvalue weighted by Crippen LogP contribution is 2.38. The third-order valence-electron chi connectivity index (χ3n) is 3.36. The molecule has 5 nitrogen and oxygen atoms in total. The number of ether oxygens (including phenoxy) is 2. The largest absolute Gasteiger partial charge is 0.482 e. The van der Waals surface area contributed by atoms with Gasteiger partial charge in [0.1, 0.15) is 11.9 Å². The molecular formula is C15H13ClN2O3. The highest BCUT2D eigenvalue weighted by Gasteiger charge is 2.25. The first-order valence-corrected chi connectivity index (χ1v) is 6.92. The molecule has 1 aromatic carbocycles. The minimum Gasteiger partial charge on any atom is -0.482 e. The molecule has 0 aliphatic carbocycles. The number of carbonyl (C=O) groups excluding carboxylic acids is 1. The third-order valence-corrected chi connectivity index (χ3v) is 3.66. The van der Waals surface area contributed by atoms with Crippen molar-refractivity contribution in [3.8, 4) is 5.75 Å². The second-order valence-electron chi connectivity index (χ2n) is 4.67. The molecule has 2 aromatic rings. The molecule has 3 rings (SSSR count). The van der Waals surface area contributed by atoms with Crippen molar-refractivity contribution in [3.05, 3.63) is 52.6 Å². The molecule has 1 atom stereocenters. The van der Waals surface area contributed by atoms with E-state index in [2.05, 4.69) is 14.7 Å². The van der Waals surface area contributed by atoms with Gasteiger partial charge < -0.3 is 9.47 Å². The number of carbonyl (C=O) groups is 1. The Morgan fingerprint density at radius 2 is 2.29 bits per heavy atom. The van der Waals surface area contributed by atoms with Gasteiger partial charge in [-0.2, -0.15) is 0 Å². The zero-order valence-corrected chi connectivity index (χ0v) is 12.1. The van der Waals surface area contributed by atoms with E-state index in [-0.39, 0.29) is 11.9 Å². The molecule has 0 bridgehead atoms. The summed E-state index contributed by atoms with van der Waals surface area (Å²) in [6.45, 7) is 0. The van der Waals surface area contributed by atoms with Gasteiger partial charge in [-0.1, -0.05) is 23.7 Å². The number of esters is 1. The first-order valence-electron chi connectivity index (χ1n) is 6.54. The molecule has 0 saturated heterocycles. The van der Waals surface area contributed by atoms with E-state index in [1.807, 2.05) is 12.1 Å². The Labute approximate surface area is 126 Å². The van der Waals surface area contributed by atoms with Crippen molar-refractivity contribution in [2.75, 3.05) is 7.11 Å². The van der Waals surface area contributed by atoms with Gasteiger partial charge in [0.05, 0.1) is 17.8 Å². The summed E-state index contributed by atoms with van der Waals surface area (Å²) in [5, 5.41) is 0.583. The lowest BCUT2D eigenvalue weighted by Crippen LogP contribution is -2.18. The van der Waals surface area contributed by atoms with E-state index in [0.29, 0.717) is 16.5 Å². The lowest BCUT2D eigenvalue weighted by atomic mass is 10.0. The van der Waals surface area contributed by atoms with Crippen molar-refractivity contribution in [3.63, 3.8) is 0 Å². The first kappa shape index (κ1) is 13.8. The Bertz CT molecular complexity index is 690. The molecule has 0 spiro atoms. The molecule has 1 aliphatic heterocycles. The summed E-state index contributed by atoms with van der Waals surface area (Å²) in [5.41, 5.74) is 1.73. The monoisotopic (exact) mass is 304 g/mol. The fourth-order valence-electron chi connectivity index (χ4n) is 2.32. The summed E-state index contributed by atoms with van der Waals surface area (Å²) in [7, 11) is 1.30. The standard InChI is InChI=1S/C15H13ClN2O3/c1-20-15(19)14-17-8-7-11(18-14)12-6-5-9-3-2-4-10(16)13(9)21-12/h2-4,7-8,12H,5-6H2,1H3. The van der Waals surface area contributed by atoms with Crippen LogP contribution in [0.5, 0.6) is 5.75 Å². The summed E-state index contributed by atoms with van der Waals surface area (Å²) in [5.74, 6) is 0.156. The van der Waals surface area contributed by atoms with Gasteiger partial charge in [-0.05, 0) is 30.5 Å². The molecule has 1 aromatic heterocycles. The van der Waals surface area contributed by atoms with Crippen molar-refractivity contribution < 1.29 is 14.3 Å². The first-order chi connectivity index (χ1) is 10.2. The number of aryl methyl sites for hydroxylation is 1. The zero-order chi connectivity index (χ0) is 14.8. The van der Waals surface area contributed by atoms with Crippen LogP contribution in [0.4, 0.5) is 0 Å². The van der Waals surface area contributed by atoms with E-state index in [9.17, 15) is 4.79 Å². The Morgan fingerprint density at radius 1 is 1.43 bits per heavy atom. The minimum atomic E-state index is -0.564. The number of fused-ring (bicyclic) bond motifs is 1. The maximum atomic E-state index is 11.5. The maximum Gasteiger partial charge on any atom is 0.376 e. The highest BCUT2D eigenvalue weighted by atomic mass is 35.5. The van der Waals surface area contributed by atoms with Crippen molar-refractivity contribution in [2.45, 2.75) is 18.9 Å². The molecule has 6 heteroatoms. The van der Waals surface area contributed by atoms with E-state index in [1.165, 1.54) is 13.3 Å².